The van der Waals surface area contributed by atoms with Crippen LogP contribution < -0.4 is 15.2 Å². The molecule has 0 aliphatic heterocycles. The van der Waals surface area contributed by atoms with Crippen LogP contribution in [-0.2, 0) is 0 Å². The van der Waals surface area contributed by atoms with E-state index in [4.69, 9.17) is 20.5 Å². The third kappa shape index (κ3) is 2.40. The topological polar surface area (TPSA) is 94.0 Å². The summed E-state index contributed by atoms with van der Waals surface area (Å²) in [6, 6.07) is 7.20. The lowest BCUT2D eigenvalue weighted by Gasteiger charge is -2.09. The molecule has 0 aliphatic rings. The van der Waals surface area contributed by atoms with Crippen molar-refractivity contribution >= 4 is 5.82 Å². The minimum atomic E-state index is 0.144. The van der Waals surface area contributed by atoms with Gasteiger partial charge in [0.25, 0.3) is 0 Å². The number of nitriles is 1. The molecule has 0 saturated heterocycles. The smallest absolute Gasteiger partial charge is 0.165 e. The van der Waals surface area contributed by atoms with E-state index in [0.717, 1.165) is 0 Å². The zero-order valence-corrected chi connectivity index (χ0v) is 10.5. The van der Waals surface area contributed by atoms with E-state index in [-0.39, 0.29) is 11.4 Å². The number of nitrogen functional groups attached to an aromatic ring is 1. The van der Waals surface area contributed by atoms with Gasteiger partial charge in [-0.2, -0.15) is 5.26 Å². The van der Waals surface area contributed by atoms with Gasteiger partial charge in [-0.25, -0.2) is 9.97 Å². The first kappa shape index (κ1) is 12.6. The number of ether oxygens (including phenoxy) is 2. The maximum absolute atomic E-state index is 8.80. The number of hydrogen-bond acceptors (Lipinski definition) is 6. The van der Waals surface area contributed by atoms with Crippen molar-refractivity contribution in [2.45, 2.75) is 0 Å². The summed E-state index contributed by atoms with van der Waals surface area (Å²) < 4.78 is 10.4. The number of methoxy groups -OCH3 is 2. The Labute approximate surface area is 110 Å². The summed E-state index contributed by atoms with van der Waals surface area (Å²) in [5.41, 5.74) is 6.60. The fourth-order valence-electron chi connectivity index (χ4n) is 1.59. The summed E-state index contributed by atoms with van der Waals surface area (Å²) >= 11 is 0. The van der Waals surface area contributed by atoms with Crippen molar-refractivity contribution in [1.29, 1.82) is 5.26 Å². The lowest BCUT2D eigenvalue weighted by molar-refractivity contribution is 0.395. The monoisotopic (exact) mass is 256 g/mol. The minimum absolute atomic E-state index is 0.144. The van der Waals surface area contributed by atoms with Crippen molar-refractivity contribution in [3.05, 3.63) is 30.0 Å². The van der Waals surface area contributed by atoms with Crippen LogP contribution in [0.5, 0.6) is 11.5 Å². The Morgan fingerprint density at radius 1 is 1.26 bits per heavy atom. The van der Waals surface area contributed by atoms with Crippen LogP contribution in [-0.4, -0.2) is 24.2 Å². The molecular weight excluding hydrogens is 244 g/mol. The number of hydrogen-bond donors (Lipinski definition) is 1. The number of anilines is 1. The van der Waals surface area contributed by atoms with Gasteiger partial charge in [-0.1, -0.05) is 0 Å². The molecule has 0 amide bonds. The molecule has 0 bridgehead atoms. The van der Waals surface area contributed by atoms with Gasteiger partial charge >= 0.3 is 0 Å². The highest BCUT2D eigenvalue weighted by molar-refractivity contribution is 5.67. The van der Waals surface area contributed by atoms with Gasteiger partial charge < -0.3 is 15.2 Å². The van der Waals surface area contributed by atoms with Crippen molar-refractivity contribution in [3.63, 3.8) is 0 Å². The molecule has 0 spiro atoms. The maximum atomic E-state index is 8.80. The number of nitrogens with zero attached hydrogens (tertiary/aromatic N) is 3. The summed E-state index contributed by atoms with van der Waals surface area (Å²) in [6.45, 7) is 0. The molecule has 2 aromatic rings. The molecule has 0 fully saturated rings. The van der Waals surface area contributed by atoms with Crippen LogP contribution >= 0.6 is 0 Å². The third-order valence-corrected chi connectivity index (χ3v) is 2.59. The molecule has 1 aromatic heterocycles. The van der Waals surface area contributed by atoms with Gasteiger partial charge in [0.05, 0.1) is 26.0 Å². The number of nitrogens with two attached hydrogens (primary N) is 1. The molecule has 0 radical (unpaired) electrons. The lowest BCUT2D eigenvalue weighted by atomic mass is 10.1. The van der Waals surface area contributed by atoms with Crippen LogP contribution in [0.15, 0.2) is 24.4 Å². The van der Waals surface area contributed by atoms with E-state index in [9.17, 15) is 0 Å². The first-order valence-corrected chi connectivity index (χ1v) is 5.44. The first-order chi connectivity index (χ1) is 9.19. The van der Waals surface area contributed by atoms with Crippen LogP contribution in [0.1, 0.15) is 5.56 Å². The van der Waals surface area contributed by atoms with Crippen molar-refractivity contribution in [2.24, 2.45) is 0 Å². The Bertz CT molecular complexity index is 650. The fraction of sp³-hybridized carbons (Fsp3) is 0.154. The normalized spacial score (nSPS) is 9.74. The van der Waals surface area contributed by atoms with Gasteiger partial charge in [0.15, 0.2) is 5.82 Å². The molecule has 6 nitrogen and oxygen atoms in total. The SMILES string of the molecule is COc1ccc(-c2ncc(C#N)c(N)n2)c(OC)c1. The van der Waals surface area contributed by atoms with Gasteiger partial charge in [0.2, 0.25) is 0 Å². The summed E-state index contributed by atoms with van der Waals surface area (Å²) in [5.74, 6) is 1.78. The first-order valence-electron chi connectivity index (χ1n) is 5.44. The van der Waals surface area contributed by atoms with E-state index in [1.165, 1.54) is 6.20 Å². The largest absolute Gasteiger partial charge is 0.497 e. The molecular formula is C13H12N4O2. The van der Waals surface area contributed by atoms with Crippen LogP contribution in [0.3, 0.4) is 0 Å². The van der Waals surface area contributed by atoms with Crippen molar-refractivity contribution < 1.29 is 9.47 Å². The zero-order chi connectivity index (χ0) is 13.8. The molecule has 1 aromatic carbocycles. The Balaban J connectivity index is 2.53. The second-order valence-electron chi connectivity index (χ2n) is 3.67. The average molecular weight is 256 g/mol. The highest BCUT2D eigenvalue weighted by Crippen LogP contribution is 2.31. The van der Waals surface area contributed by atoms with Crippen molar-refractivity contribution in [3.8, 4) is 29.0 Å². The standard InChI is InChI=1S/C13H12N4O2/c1-18-9-3-4-10(11(5-9)19-2)13-16-7-8(6-14)12(15)17-13/h3-5,7H,1-2H3,(H2,15,16,17). The van der Waals surface area contributed by atoms with E-state index >= 15 is 0 Å². The second kappa shape index (κ2) is 5.23. The average Bonchev–Trinajstić information content (AvgIpc) is 2.46. The molecule has 0 unspecified atom stereocenters. The quantitative estimate of drug-likeness (QED) is 0.896. The highest BCUT2D eigenvalue weighted by atomic mass is 16.5. The number of rotatable bonds is 3. The summed E-state index contributed by atoms with van der Waals surface area (Å²) in [7, 11) is 3.12. The molecule has 1 heterocycles. The van der Waals surface area contributed by atoms with Gasteiger partial charge in [0.1, 0.15) is 28.9 Å². The van der Waals surface area contributed by atoms with Crippen LogP contribution in [0.25, 0.3) is 11.4 Å². The second-order valence-corrected chi connectivity index (χ2v) is 3.67. The zero-order valence-electron chi connectivity index (χ0n) is 10.5. The lowest BCUT2D eigenvalue weighted by Crippen LogP contribution is -2.00. The number of benzene rings is 1. The van der Waals surface area contributed by atoms with Crippen LogP contribution in [0.2, 0.25) is 0 Å². The van der Waals surface area contributed by atoms with Gasteiger partial charge in [-0.15, -0.1) is 0 Å². The summed E-state index contributed by atoms with van der Waals surface area (Å²) in [5, 5.41) is 8.80. The van der Waals surface area contributed by atoms with E-state index in [2.05, 4.69) is 9.97 Å². The summed E-state index contributed by atoms with van der Waals surface area (Å²) in [6.07, 6.45) is 1.39. The summed E-state index contributed by atoms with van der Waals surface area (Å²) in [4.78, 5) is 8.21. The Morgan fingerprint density at radius 2 is 2.05 bits per heavy atom. The Kier molecular flexibility index (Phi) is 3.48. The van der Waals surface area contributed by atoms with E-state index in [1.807, 2.05) is 6.07 Å². The van der Waals surface area contributed by atoms with E-state index in [1.54, 1.807) is 32.4 Å². The number of aromatic nitrogens is 2. The molecule has 96 valence electrons. The van der Waals surface area contributed by atoms with Crippen LogP contribution in [0.4, 0.5) is 5.82 Å². The third-order valence-electron chi connectivity index (χ3n) is 2.59. The predicted molar refractivity (Wildman–Crippen MR) is 69.7 cm³/mol. The van der Waals surface area contributed by atoms with Gasteiger partial charge in [-0.3, -0.25) is 0 Å². The molecule has 19 heavy (non-hydrogen) atoms. The van der Waals surface area contributed by atoms with Gasteiger partial charge in [-0.05, 0) is 12.1 Å². The fourth-order valence-corrected chi connectivity index (χ4v) is 1.59. The molecule has 0 atom stereocenters. The van der Waals surface area contributed by atoms with Crippen LogP contribution in [0, 0.1) is 11.3 Å². The Hall–Kier alpha value is -2.81. The molecule has 0 aliphatic carbocycles. The molecule has 0 saturated carbocycles. The predicted octanol–water partition coefficient (Wildman–Crippen LogP) is 1.61. The van der Waals surface area contributed by atoms with Gasteiger partial charge in [0, 0.05) is 6.07 Å². The maximum Gasteiger partial charge on any atom is 0.165 e. The Morgan fingerprint density at radius 3 is 2.63 bits per heavy atom. The minimum Gasteiger partial charge on any atom is -0.497 e. The molecule has 2 N–H and O–H groups in total. The van der Waals surface area contributed by atoms with Crippen molar-refractivity contribution in [1.82, 2.24) is 9.97 Å². The molecule has 2 rings (SSSR count). The highest BCUT2D eigenvalue weighted by Gasteiger charge is 2.12. The van der Waals surface area contributed by atoms with Crippen molar-refractivity contribution in [2.75, 3.05) is 20.0 Å². The van der Waals surface area contributed by atoms with E-state index < -0.39 is 0 Å². The molecule has 6 heteroatoms. The van der Waals surface area contributed by atoms with E-state index in [0.29, 0.717) is 22.9 Å².